The molecule has 0 atom stereocenters. The zero-order valence-electron chi connectivity index (χ0n) is 13.1. The van der Waals surface area contributed by atoms with Crippen molar-refractivity contribution in [3.63, 3.8) is 0 Å². The van der Waals surface area contributed by atoms with Crippen molar-refractivity contribution in [3.8, 4) is 0 Å². The second-order valence-corrected chi connectivity index (χ2v) is 7.59. The third-order valence-electron chi connectivity index (χ3n) is 3.99. The number of hydrogen-bond acceptors (Lipinski definition) is 2. The fourth-order valence-corrected chi connectivity index (χ4v) is 3.74. The first kappa shape index (κ1) is 16.7. The molecule has 3 aromatic rings. The number of sulfonamides is 1. The van der Waals surface area contributed by atoms with Crippen LogP contribution in [-0.4, -0.2) is 25.7 Å². The van der Waals surface area contributed by atoms with E-state index in [2.05, 4.69) is 9.71 Å². The molecular formula is C18H19FN2O2S. The summed E-state index contributed by atoms with van der Waals surface area (Å²) in [5.41, 5.74) is 2.52. The van der Waals surface area contributed by atoms with Gasteiger partial charge in [0.05, 0.1) is 5.75 Å². The van der Waals surface area contributed by atoms with Gasteiger partial charge in [-0.15, -0.1) is 0 Å². The summed E-state index contributed by atoms with van der Waals surface area (Å²) < 4.78 is 40.3. The highest BCUT2D eigenvalue weighted by atomic mass is 32.2. The summed E-state index contributed by atoms with van der Waals surface area (Å²) >= 11 is 0. The second-order valence-electron chi connectivity index (χ2n) is 5.66. The zero-order valence-corrected chi connectivity index (χ0v) is 13.9. The largest absolute Gasteiger partial charge is 0.361 e. The van der Waals surface area contributed by atoms with Gasteiger partial charge < -0.3 is 4.98 Å². The van der Waals surface area contributed by atoms with Crippen LogP contribution < -0.4 is 4.72 Å². The van der Waals surface area contributed by atoms with Crippen LogP contribution in [0.1, 0.15) is 11.1 Å². The molecule has 0 aliphatic rings. The van der Waals surface area contributed by atoms with Gasteiger partial charge in [-0.1, -0.05) is 36.4 Å². The number of aromatic nitrogens is 1. The van der Waals surface area contributed by atoms with E-state index in [1.165, 1.54) is 6.07 Å². The van der Waals surface area contributed by atoms with Crippen LogP contribution in [0.4, 0.5) is 4.39 Å². The molecular weight excluding hydrogens is 327 g/mol. The molecule has 1 aromatic heterocycles. The van der Waals surface area contributed by atoms with E-state index < -0.39 is 10.0 Å². The number of H-pyrrole nitrogens is 1. The summed E-state index contributed by atoms with van der Waals surface area (Å²) in [6.07, 6.45) is 2.66. The summed E-state index contributed by atoms with van der Waals surface area (Å²) in [5.74, 6) is -0.492. The second kappa shape index (κ2) is 7.15. The minimum absolute atomic E-state index is 0.123. The van der Waals surface area contributed by atoms with Crippen molar-refractivity contribution in [2.24, 2.45) is 0 Å². The summed E-state index contributed by atoms with van der Waals surface area (Å²) in [6.45, 7) is 0.321. The number of rotatable bonds is 7. The van der Waals surface area contributed by atoms with Gasteiger partial charge in [-0.2, -0.15) is 0 Å². The van der Waals surface area contributed by atoms with Gasteiger partial charge in [0.2, 0.25) is 10.0 Å². The molecule has 1 heterocycles. The molecule has 6 heteroatoms. The van der Waals surface area contributed by atoms with E-state index in [4.69, 9.17) is 0 Å². The highest BCUT2D eigenvalue weighted by Crippen LogP contribution is 2.17. The molecule has 0 aliphatic heterocycles. The molecule has 0 saturated heterocycles. The van der Waals surface area contributed by atoms with Crippen LogP contribution in [0.3, 0.4) is 0 Å². The molecule has 24 heavy (non-hydrogen) atoms. The standard InChI is InChI=1S/C18H19FN2O2S/c19-17-7-3-1-5-14(17)10-12-24(22,23)21-11-9-15-13-20-18-8-4-2-6-16(15)18/h1-8,13,20-21H,9-12H2. The van der Waals surface area contributed by atoms with E-state index in [0.29, 0.717) is 18.5 Å². The maximum atomic E-state index is 13.5. The van der Waals surface area contributed by atoms with E-state index in [0.717, 1.165) is 16.5 Å². The Bertz CT molecular complexity index is 935. The Morgan fingerprint density at radius 3 is 2.54 bits per heavy atom. The molecule has 3 rings (SSSR count). The number of benzene rings is 2. The van der Waals surface area contributed by atoms with E-state index in [9.17, 15) is 12.8 Å². The van der Waals surface area contributed by atoms with Crippen LogP contribution in [0, 0.1) is 5.82 Å². The topological polar surface area (TPSA) is 62.0 Å². The first-order chi connectivity index (χ1) is 11.6. The molecule has 0 unspecified atom stereocenters. The maximum Gasteiger partial charge on any atom is 0.211 e. The van der Waals surface area contributed by atoms with Gasteiger partial charge in [0, 0.05) is 23.6 Å². The van der Waals surface area contributed by atoms with Crippen molar-refractivity contribution in [1.29, 1.82) is 0 Å². The predicted octanol–water partition coefficient (Wildman–Crippen LogP) is 3.01. The van der Waals surface area contributed by atoms with Gasteiger partial charge in [-0.25, -0.2) is 17.5 Å². The van der Waals surface area contributed by atoms with E-state index in [1.807, 2.05) is 30.5 Å². The third-order valence-corrected chi connectivity index (χ3v) is 5.37. The Labute approximate surface area is 140 Å². The summed E-state index contributed by atoms with van der Waals surface area (Å²) in [5, 5.41) is 1.10. The number of para-hydroxylation sites is 1. The predicted molar refractivity (Wildman–Crippen MR) is 93.9 cm³/mol. The van der Waals surface area contributed by atoms with Crippen molar-refractivity contribution >= 4 is 20.9 Å². The van der Waals surface area contributed by atoms with Crippen LogP contribution in [0.5, 0.6) is 0 Å². The van der Waals surface area contributed by atoms with Crippen LogP contribution >= 0.6 is 0 Å². The fourth-order valence-electron chi connectivity index (χ4n) is 2.70. The average Bonchev–Trinajstić information content (AvgIpc) is 2.97. The van der Waals surface area contributed by atoms with Crippen molar-refractivity contribution < 1.29 is 12.8 Å². The monoisotopic (exact) mass is 346 g/mol. The van der Waals surface area contributed by atoms with Gasteiger partial charge in [-0.05, 0) is 36.1 Å². The van der Waals surface area contributed by atoms with Gasteiger partial charge in [0.25, 0.3) is 0 Å². The molecule has 0 radical (unpaired) electrons. The normalized spacial score (nSPS) is 11.9. The molecule has 0 fully saturated rings. The molecule has 4 nitrogen and oxygen atoms in total. The highest BCUT2D eigenvalue weighted by molar-refractivity contribution is 7.89. The van der Waals surface area contributed by atoms with Gasteiger partial charge in [0.1, 0.15) is 5.82 Å². The fraction of sp³-hybridized carbons (Fsp3) is 0.222. The van der Waals surface area contributed by atoms with Crippen molar-refractivity contribution in [1.82, 2.24) is 9.71 Å². The van der Waals surface area contributed by atoms with Crippen LogP contribution in [0.25, 0.3) is 10.9 Å². The van der Waals surface area contributed by atoms with E-state index in [1.54, 1.807) is 18.2 Å². The number of halogens is 1. The molecule has 2 N–H and O–H groups in total. The smallest absolute Gasteiger partial charge is 0.211 e. The Balaban J connectivity index is 1.55. The first-order valence-electron chi connectivity index (χ1n) is 7.81. The van der Waals surface area contributed by atoms with Gasteiger partial charge >= 0.3 is 0 Å². The van der Waals surface area contributed by atoms with E-state index >= 15 is 0 Å². The molecule has 0 spiro atoms. The average molecular weight is 346 g/mol. The summed E-state index contributed by atoms with van der Waals surface area (Å²) in [6, 6.07) is 14.1. The lowest BCUT2D eigenvalue weighted by molar-refractivity contribution is 0.578. The molecule has 0 amide bonds. The lowest BCUT2D eigenvalue weighted by atomic mass is 10.1. The zero-order chi connectivity index (χ0) is 17.0. The van der Waals surface area contributed by atoms with Gasteiger partial charge in [0.15, 0.2) is 0 Å². The Hall–Kier alpha value is -2.18. The highest BCUT2D eigenvalue weighted by Gasteiger charge is 2.12. The first-order valence-corrected chi connectivity index (χ1v) is 9.46. The molecule has 2 aromatic carbocycles. The third kappa shape index (κ3) is 4.01. The Kier molecular flexibility index (Phi) is 4.97. The van der Waals surface area contributed by atoms with E-state index in [-0.39, 0.29) is 18.0 Å². The van der Waals surface area contributed by atoms with Crippen molar-refractivity contribution in [3.05, 3.63) is 71.7 Å². The lowest BCUT2D eigenvalue weighted by Gasteiger charge is -2.07. The minimum atomic E-state index is -3.43. The summed E-state index contributed by atoms with van der Waals surface area (Å²) in [4.78, 5) is 3.17. The minimum Gasteiger partial charge on any atom is -0.361 e. The van der Waals surface area contributed by atoms with Crippen LogP contribution in [-0.2, 0) is 22.9 Å². The number of aryl methyl sites for hydroxylation is 1. The van der Waals surface area contributed by atoms with Crippen molar-refractivity contribution in [2.75, 3.05) is 12.3 Å². The number of nitrogens with one attached hydrogen (secondary N) is 2. The quantitative estimate of drug-likeness (QED) is 0.691. The maximum absolute atomic E-state index is 13.5. The van der Waals surface area contributed by atoms with Crippen molar-refractivity contribution in [2.45, 2.75) is 12.8 Å². The SMILES string of the molecule is O=S(=O)(CCc1ccccc1F)NCCc1c[nH]c2ccccc12. The van der Waals surface area contributed by atoms with Crippen LogP contribution in [0.2, 0.25) is 0 Å². The Morgan fingerprint density at radius 2 is 1.71 bits per heavy atom. The van der Waals surface area contributed by atoms with Gasteiger partial charge in [-0.3, -0.25) is 0 Å². The number of hydrogen-bond donors (Lipinski definition) is 2. The molecule has 0 bridgehead atoms. The lowest BCUT2D eigenvalue weighted by Crippen LogP contribution is -2.29. The van der Waals surface area contributed by atoms with Crippen LogP contribution in [0.15, 0.2) is 54.7 Å². The Morgan fingerprint density at radius 1 is 0.958 bits per heavy atom. The summed E-state index contributed by atoms with van der Waals surface area (Å²) in [7, 11) is -3.43. The molecule has 0 aliphatic carbocycles. The molecule has 0 saturated carbocycles. The number of fused-ring (bicyclic) bond motifs is 1. The molecule has 126 valence electrons. The number of aromatic amines is 1.